The van der Waals surface area contributed by atoms with Gasteiger partial charge >= 0.3 is 5.97 Å². The average molecular weight is 236 g/mol. The number of hydrogen-bond acceptors (Lipinski definition) is 2. The lowest BCUT2D eigenvalue weighted by Crippen LogP contribution is -2.18. The highest BCUT2D eigenvalue weighted by molar-refractivity contribution is 5.71. The standard InChI is InChI=1S/C8H16O2.C7H8/c1-5-7(4)8(9)10-6(2)3;1-7-5-3-2-4-6-7/h6-7H,5H2,1-4H3;2-6H,1H3. The maximum Gasteiger partial charge on any atom is 0.308 e. The van der Waals surface area contributed by atoms with Crippen molar-refractivity contribution in [3.05, 3.63) is 35.9 Å². The van der Waals surface area contributed by atoms with Crippen molar-refractivity contribution in [2.24, 2.45) is 5.92 Å². The predicted molar refractivity (Wildman–Crippen MR) is 71.9 cm³/mol. The van der Waals surface area contributed by atoms with E-state index >= 15 is 0 Å². The summed E-state index contributed by atoms with van der Waals surface area (Å²) in [5, 5.41) is 0. The molecule has 96 valence electrons. The van der Waals surface area contributed by atoms with E-state index in [2.05, 4.69) is 19.1 Å². The molecule has 0 radical (unpaired) electrons. The molecule has 0 aliphatic rings. The Labute approximate surface area is 105 Å². The van der Waals surface area contributed by atoms with Crippen LogP contribution < -0.4 is 0 Å². The van der Waals surface area contributed by atoms with Gasteiger partial charge in [0, 0.05) is 0 Å². The van der Waals surface area contributed by atoms with Crippen LogP contribution in [0.15, 0.2) is 30.3 Å². The predicted octanol–water partition coefficient (Wildman–Crippen LogP) is 3.98. The second kappa shape index (κ2) is 8.80. The number of esters is 1. The van der Waals surface area contributed by atoms with Crippen molar-refractivity contribution in [1.82, 2.24) is 0 Å². The van der Waals surface area contributed by atoms with E-state index in [0.717, 1.165) is 6.42 Å². The highest BCUT2D eigenvalue weighted by Gasteiger charge is 2.12. The molecule has 0 aromatic heterocycles. The number of benzene rings is 1. The molecule has 0 saturated carbocycles. The van der Waals surface area contributed by atoms with Gasteiger partial charge in [0.05, 0.1) is 12.0 Å². The van der Waals surface area contributed by atoms with Gasteiger partial charge in [0.25, 0.3) is 0 Å². The third kappa shape index (κ3) is 8.49. The fourth-order valence-electron chi connectivity index (χ4n) is 1.05. The van der Waals surface area contributed by atoms with Crippen LogP contribution in [0, 0.1) is 12.8 Å². The van der Waals surface area contributed by atoms with Gasteiger partial charge in [-0.1, -0.05) is 49.7 Å². The Kier molecular flexibility index (Phi) is 8.12. The second-order valence-corrected chi connectivity index (χ2v) is 4.45. The minimum atomic E-state index is -0.0856. The molecule has 0 aliphatic carbocycles. The summed E-state index contributed by atoms with van der Waals surface area (Å²) in [7, 11) is 0. The molecule has 1 atom stereocenters. The molecule has 2 nitrogen and oxygen atoms in total. The third-order valence-corrected chi connectivity index (χ3v) is 2.31. The monoisotopic (exact) mass is 236 g/mol. The van der Waals surface area contributed by atoms with Crippen molar-refractivity contribution in [3.8, 4) is 0 Å². The topological polar surface area (TPSA) is 26.3 Å². The molecule has 0 bridgehead atoms. The first kappa shape index (κ1) is 15.7. The van der Waals surface area contributed by atoms with Gasteiger partial charge < -0.3 is 4.74 Å². The number of ether oxygens (including phenoxy) is 1. The van der Waals surface area contributed by atoms with E-state index in [1.807, 2.05) is 45.9 Å². The smallest absolute Gasteiger partial charge is 0.308 e. The molecule has 0 saturated heterocycles. The molecule has 1 rings (SSSR count). The Morgan fingerprint density at radius 1 is 1.18 bits per heavy atom. The number of rotatable bonds is 3. The Balaban J connectivity index is 0.000000318. The van der Waals surface area contributed by atoms with Gasteiger partial charge in [-0.3, -0.25) is 4.79 Å². The van der Waals surface area contributed by atoms with E-state index in [9.17, 15) is 4.79 Å². The quantitative estimate of drug-likeness (QED) is 0.742. The first-order chi connectivity index (χ1) is 7.97. The first-order valence-corrected chi connectivity index (χ1v) is 6.19. The zero-order valence-electron chi connectivity index (χ0n) is 11.6. The molecule has 0 fully saturated rings. The van der Waals surface area contributed by atoms with E-state index in [4.69, 9.17) is 4.74 Å². The minimum Gasteiger partial charge on any atom is -0.463 e. The third-order valence-electron chi connectivity index (χ3n) is 2.31. The van der Waals surface area contributed by atoms with Gasteiger partial charge in [0.15, 0.2) is 0 Å². The van der Waals surface area contributed by atoms with E-state index in [1.165, 1.54) is 5.56 Å². The van der Waals surface area contributed by atoms with Gasteiger partial charge in [0.1, 0.15) is 0 Å². The summed E-state index contributed by atoms with van der Waals surface area (Å²) < 4.78 is 4.96. The second-order valence-electron chi connectivity index (χ2n) is 4.45. The van der Waals surface area contributed by atoms with E-state index in [1.54, 1.807) is 0 Å². The molecule has 1 aromatic rings. The van der Waals surface area contributed by atoms with Crippen LogP contribution in [0.4, 0.5) is 0 Å². The van der Waals surface area contributed by atoms with Crippen LogP contribution >= 0.6 is 0 Å². The molecule has 17 heavy (non-hydrogen) atoms. The van der Waals surface area contributed by atoms with Gasteiger partial charge in [-0.2, -0.15) is 0 Å². The maximum absolute atomic E-state index is 11.0. The minimum absolute atomic E-state index is 0.0153. The Morgan fingerprint density at radius 3 is 2.00 bits per heavy atom. The largest absolute Gasteiger partial charge is 0.463 e. The molecule has 2 heteroatoms. The highest BCUT2D eigenvalue weighted by Crippen LogP contribution is 2.04. The highest BCUT2D eigenvalue weighted by atomic mass is 16.5. The summed E-state index contributed by atoms with van der Waals surface area (Å²) in [6, 6.07) is 10.3. The van der Waals surface area contributed by atoms with Crippen LogP contribution in [0.25, 0.3) is 0 Å². The summed E-state index contributed by atoms with van der Waals surface area (Å²) >= 11 is 0. The van der Waals surface area contributed by atoms with E-state index in [0.29, 0.717) is 0 Å². The zero-order valence-corrected chi connectivity index (χ0v) is 11.6. The zero-order chi connectivity index (χ0) is 13.3. The lowest BCUT2D eigenvalue weighted by molar-refractivity contribution is -0.151. The van der Waals surface area contributed by atoms with Gasteiger partial charge in [-0.05, 0) is 27.2 Å². The Bertz CT molecular complexity index is 304. The van der Waals surface area contributed by atoms with Crippen molar-refractivity contribution in [2.75, 3.05) is 0 Å². The van der Waals surface area contributed by atoms with Crippen molar-refractivity contribution in [2.45, 2.75) is 47.1 Å². The molecule has 0 aliphatic heterocycles. The number of aryl methyl sites for hydroxylation is 1. The van der Waals surface area contributed by atoms with Crippen LogP contribution in [0.5, 0.6) is 0 Å². The number of hydrogen-bond donors (Lipinski definition) is 0. The molecule has 0 N–H and O–H groups in total. The van der Waals surface area contributed by atoms with Crippen LogP contribution in [0.3, 0.4) is 0 Å². The van der Waals surface area contributed by atoms with Crippen LogP contribution in [0.1, 0.15) is 39.7 Å². The lowest BCUT2D eigenvalue weighted by Gasteiger charge is -2.11. The van der Waals surface area contributed by atoms with E-state index < -0.39 is 0 Å². The normalized spacial score (nSPS) is 11.4. The van der Waals surface area contributed by atoms with Crippen LogP contribution in [0.2, 0.25) is 0 Å². The van der Waals surface area contributed by atoms with Gasteiger partial charge in [0.2, 0.25) is 0 Å². The van der Waals surface area contributed by atoms with Crippen molar-refractivity contribution >= 4 is 5.97 Å². The summed E-state index contributed by atoms with van der Waals surface area (Å²) in [5.41, 5.74) is 1.32. The average Bonchev–Trinajstić information content (AvgIpc) is 2.29. The molecule has 0 spiro atoms. The lowest BCUT2D eigenvalue weighted by atomic mass is 10.1. The molecular formula is C15H24O2. The van der Waals surface area contributed by atoms with Gasteiger partial charge in [-0.25, -0.2) is 0 Å². The van der Waals surface area contributed by atoms with Gasteiger partial charge in [-0.15, -0.1) is 0 Å². The molecule has 0 heterocycles. The molecule has 0 amide bonds. The van der Waals surface area contributed by atoms with Crippen LogP contribution in [-0.2, 0) is 9.53 Å². The summed E-state index contributed by atoms with van der Waals surface area (Å²) in [5.74, 6) is -0.0418. The molecule has 1 aromatic carbocycles. The maximum atomic E-state index is 11.0. The summed E-state index contributed by atoms with van der Waals surface area (Å²) in [6.45, 7) is 9.66. The van der Waals surface area contributed by atoms with Crippen molar-refractivity contribution in [1.29, 1.82) is 0 Å². The van der Waals surface area contributed by atoms with Crippen LogP contribution in [-0.4, -0.2) is 12.1 Å². The van der Waals surface area contributed by atoms with Crippen molar-refractivity contribution in [3.63, 3.8) is 0 Å². The summed E-state index contributed by atoms with van der Waals surface area (Å²) in [4.78, 5) is 11.0. The summed E-state index contributed by atoms with van der Waals surface area (Å²) in [6.07, 6.45) is 0.868. The van der Waals surface area contributed by atoms with Crippen molar-refractivity contribution < 1.29 is 9.53 Å². The number of carbonyl (C=O) groups is 1. The fraction of sp³-hybridized carbons (Fsp3) is 0.533. The first-order valence-electron chi connectivity index (χ1n) is 6.19. The Hall–Kier alpha value is -1.31. The Morgan fingerprint density at radius 2 is 1.71 bits per heavy atom. The van der Waals surface area contributed by atoms with E-state index in [-0.39, 0.29) is 18.0 Å². The SMILES string of the molecule is CCC(C)C(=O)OC(C)C.Cc1ccccc1. The molecule has 1 unspecified atom stereocenters. The number of carbonyl (C=O) groups excluding carboxylic acids is 1. The fourth-order valence-corrected chi connectivity index (χ4v) is 1.05. The molecular weight excluding hydrogens is 212 g/mol.